The number of rotatable bonds is 6. The summed E-state index contributed by atoms with van der Waals surface area (Å²) in [6.45, 7) is 0.0776. The van der Waals surface area contributed by atoms with Gasteiger partial charge in [-0.1, -0.05) is 18.2 Å². The first-order valence-electron chi connectivity index (χ1n) is 7.99. The molecule has 1 amide bonds. The molecule has 0 heterocycles. The first-order valence-corrected chi connectivity index (χ1v) is 7.99. The van der Waals surface area contributed by atoms with Gasteiger partial charge in [-0.05, 0) is 36.6 Å². The van der Waals surface area contributed by atoms with Gasteiger partial charge in [0.25, 0.3) is 0 Å². The number of hydrogen-bond donors (Lipinski definition) is 1. The maximum Gasteiger partial charge on any atom is 0.335 e. The zero-order valence-electron chi connectivity index (χ0n) is 13.4. The van der Waals surface area contributed by atoms with Crippen molar-refractivity contribution in [1.82, 2.24) is 4.90 Å². The number of carbonyl (C=O) groups excluding carboxylic acids is 1. The molecule has 2 aromatic rings. The largest absolute Gasteiger partial charge is 0.478 e. The van der Waals surface area contributed by atoms with Crippen LogP contribution >= 0.6 is 0 Å². The predicted molar refractivity (Wildman–Crippen MR) is 87.0 cm³/mol. The molecule has 0 saturated heterocycles. The molecule has 1 saturated carbocycles. The van der Waals surface area contributed by atoms with Crippen LogP contribution in [0, 0.1) is 11.6 Å². The lowest BCUT2D eigenvalue weighted by Crippen LogP contribution is -2.34. The molecule has 2 aromatic carbocycles. The van der Waals surface area contributed by atoms with Crippen LogP contribution in [-0.4, -0.2) is 27.9 Å². The van der Waals surface area contributed by atoms with Crippen molar-refractivity contribution in [1.29, 1.82) is 0 Å². The summed E-state index contributed by atoms with van der Waals surface area (Å²) in [5.41, 5.74) is 0.976. The van der Waals surface area contributed by atoms with Crippen molar-refractivity contribution < 1.29 is 23.5 Å². The van der Waals surface area contributed by atoms with E-state index < -0.39 is 17.6 Å². The topological polar surface area (TPSA) is 57.6 Å². The van der Waals surface area contributed by atoms with Gasteiger partial charge in [0.2, 0.25) is 5.91 Å². The van der Waals surface area contributed by atoms with Crippen molar-refractivity contribution in [3.05, 3.63) is 70.8 Å². The van der Waals surface area contributed by atoms with E-state index in [-0.39, 0.29) is 36.0 Å². The highest BCUT2D eigenvalue weighted by atomic mass is 19.1. The SMILES string of the molecule is O=C(O)c1cccc(CC(=O)N(Cc2ccc(F)cc2F)C2CC2)c1. The molecule has 0 unspecified atom stereocenters. The second-order valence-corrected chi connectivity index (χ2v) is 6.17. The van der Waals surface area contributed by atoms with Gasteiger partial charge in [0.05, 0.1) is 12.0 Å². The molecule has 0 aromatic heterocycles. The molecule has 25 heavy (non-hydrogen) atoms. The van der Waals surface area contributed by atoms with Gasteiger partial charge >= 0.3 is 5.97 Å². The van der Waals surface area contributed by atoms with Gasteiger partial charge < -0.3 is 10.0 Å². The van der Waals surface area contributed by atoms with Gasteiger partial charge in [0.15, 0.2) is 0 Å². The molecule has 6 heteroatoms. The summed E-state index contributed by atoms with van der Waals surface area (Å²) in [7, 11) is 0. The summed E-state index contributed by atoms with van der Waals surface area (Å²) in [6, 6.07) is 9.58. The van der Waals surface area contributed by atoms with Crippen molar-refractivity contribution in [2.24, 2.45) is 0 Å². The van der Waals surface area contributed by atoms with E-state index in [2.05, 4.69) is 0 Å². The Morgan fingerprint density at radius 2 is 1.88 bits per heavy atom. The molecule has 1 aliphatic rings. The van der Waals surface area contributed by atoms with Crippen LogP contribution in [0.3, 0.4) is 0 Å². The first kappa shape index (κ1) is 17.1. The Morgan fingerprint density at radius 3 is 2.52 bits per heavy atom. The fourth-order valence-corrected chi connectivity index (χ4v) is 2.73. The van der Waals surface area contributed by atoms with Crippen LogP contribution in [0.1, 0.15) is 34.3 Å². The van der Waals surface area contributed by atoms with Gasteiger partial charge in [-0.25, -0.2) is 13.6 Å². The normalized spacial score (nSPS) is 13.5. The lowest BCUT2D eigenvalue weighted by Gasteiger charge is -2.23. The summed E-state index contributed by atoms with van der Waals surface area (Å²) in [6.07, 6.45) is 1.74. The van der Waals surface area contributed by atoms with E-state index in [0.29, 0.717) is 5.56 Å². The molecule has 130 valence electrons. The summed E-state index contributed by atoms with van der Waals surface area (Å²) in [5, 5.41) is 9.03. The predicted octanol–water partition coefficient (Wildman–Crippen LogP) is 3.40. The lowest BCUT2D eigenvalue weighted by molar-refractivity contribution is -0.131. The number of carboxylic acid groups (broad SMARTS) is 1. The van der Waals surface area contributed by atoms with E-state index in [1.807, 2.05) is 0 Å². The number of benzene rings is 2. The number of hydrogen-bond acceptors (Lipinski definition) is 2. The standard InChI is InChI=1S/C19H17F2NO3/c20-15-5-4-14(17(21)10-15)11-22(16-6-7-16)18(23)9-12-2-1-3-13(8-12)19(24)25/h1-5,8,10,16H,6-7,9,11H2,(H,24,25). The van der Waals surface area contributed by atoms with E-state index in [0.717, 1.165) is 18.9 Å². The van der Waals surface area contributed by atoms with Crippen molar-refractivity contribution >= 4 is 11.9 Å². The Balaban J connectivity index is 1.75. The van der Waals surface area contributed by atoms with Crippen LogP contribution in [0.15, 0.2) is 42.5 Å². The average Bonchev–Trinajstić information content (AvgIpc) is 3.39. The van der Waals surface area contributed by atoms with Gasteiger partial charge in [-0.3, -0.25) is 4.79 Å². The third kappa shape index (κ3) is 4.21. The molecule has 3 rings (SSSR count). The minimum atomic E-state index is -1.05. The van der Waals surface area contributed by atoms with Crippen LogP contribution in [0.2, 0.25) is 0 Å². The number of aromatic carboxylic acids is 1. The first-order chi connectivity index (χ1) is 11.9. The van der Waals surface area contributed by atoms with Gasteiger partial charge in [-0.15, -0.1) is 0 Å². The average molecular weight is 345 g/mol. The van der Waals surface area contributed by atoms with Crippen LogP contribution < -0.4 is 0 Å². The lowest BCUT2D eigenvalue weighted by atomic mass is 10.1. The van der Waals surface area contributed by atoms with Gasteiger partial charge in [-0.2, -0.15) is 0 Å². The highest BCUT2D eigenvalue weighted by molar-refractivity contribution is 5.88. The van der Waals surface area contributed by atoms with E-state index in [9.17, 15) is 18.4 Å². The van der Waals surface area contributed by atoms with Crippen molar-refractivity contribution in [3.63, 3.8) is 0 Å². The maximum atomic E-state index is 13.9. The number of nitrogens with zero attached hydrogens (tertiary/aromatic N) is 1. The molecular formula is C19H17F2NO3. The van der Waals surface area contributed by atoms with Gasteiger partial charge in [0.1, 0.15) is 11.6 Å². The molecule has 0 aliphatic heterocycles. The Morgan fingerprint density at radius 1 is 1.12 bits per heavy atom. The number of carboxylic acids is 1. The van der Waals surface area contributed by atoms with Crippen LogP contribution in [0.4, 0.5) is 8.78 Å². The number of amides is 1. The fourth-order valence-electron chi connectivity index (χ4n) is 2.73. The molecule has 4 nitrogen and oxygen atoms in total. The molecule has 1 fully saturated rings. The Kier molecular flexibility index (Phi) is 4.79. The van der Waals surface area contributed by atoms with Crippen LogP contribution in [0.25, 0.3) is 0 Å². The summed E-state index contributed by atoms with van der Waals surface area (Å²) in [4.78, 5) is 25.3. The van der Waals surface area contributed by atoms with E-state index in [1.165, 1.54) is 24.3 Å². The monoisotopic (exact) mass is 345 g/mol. The van der Waals surface area contributed by atoms with Crippen molar-refractivity contribution in [2.75, 3.05) is 0 Å². The molecule has 0 radical (unpaired) electrons. The third-order valence-corrected chi connectivity index (χ3v) is 4.19. The van der Waals surface area contributed by atoms with E-state index >= 15 is 0 Å². The maximum absolute atomic E-state index is 13.9. The highest BCUT2D eigenvalue weighted by Crippen LogP contribution is 2.29. The molecule has 0 bridgehead atoms. The second-order valence-electron chi connectivity index (χ2n) is 6.17. The Bertz CT molecular complexity index is 818. The molecule has 0 spiro atoms. The fraction of sp³-hybridized carbons (Fsp3) is 0.263. The van der Waals surface area contributed by atoms with Crippen molar-refractivity contribution in [3.8, 4) is 0 Å². The molecule has 0 atom stereocenters. The van der Waals surface area contributed by atoms with Gasteiger partial charge in [0, 0.05) is 24.2 Å². The Hall–Kier alpha value is -2.76. The zero-order chi connectivity index (χ0) is 18.0. The van der Waals surface area contributed by atoms with Crippen LogP contribution in [0.5, 0.6) is 0 Å². The van der Waals surface area contributed by atoms with Crippen LogP contribution in [-0.2, 0) is 17.8 Å². The van der Waals surface area contributed by atoms with E-state index in [1.54, 1.807) is 17.0 Å². The quantitative estimate of drug-likeness (QED) is 0.873. The van der Waals surface area contributed by atoms with Crippen molar-refractivity contribution in [2.45, 2.75) is 31.8 Å². The number of halogens is 2. The minimum Gasteiger partial charge on any atom is -0.478 e. The zero-order valence-corrected chi connectivity index (χ0v) is 13.4. The van der Waals surface area contributed by atoms with E-state index in [4.69, 9.17) is 5.11 Å². The second kappa shape index (κ2) is 7.01. The molecule has 1 aliphatic carbocycles. The third-order valence-electron chi connectivity index (χ3n) is 4.19. The molecule has 1 N–H and O–H groups in total. The molecular weight excluding hydrogens is 328 g/mol. The Labute approximate surface area is 143 Å². The summed E-state index contributed by atoms with van der Waals surface area (Å²) in [5.74, 6) is -2.59. The smallest absolute Gasteiger partial charge is 0.335 e. The minimum absolute atomic E-state index is 0.0421. The highest BCUT2D eigenvalue weighted by Gasteiger charge is 2.33. The summed E-state index contributed by atoms with van der Waals surface area (Å²) < 4.78 is 26.9. The summed E-state index contributed by atoms with van der Waals surface area (Å²) >= 11 is 0. The number of carbonyl (C=O) groups is 2.